The Kier molecular flexibility index (Phi) is 6.49. The third kappa shape index (κ3) is 3.77. The molecule has 1 aromatic carbocycles. The van der Waals surface area contributed by atoms with Gasteiger partial charge in [-0.2, -0.15) is 0 Å². The van der Waals surface area contributed by atoms with Crippen molar-refractivity contribution in [3.8, 4) is 0 Å². The Morgan fingerprint density at radius 2 is 2.00 bits per heavy atom. The Balaban J connectivity index is 1.94. The van der Waals surface area contributed by atoms with Gasteiger partial charge in [-0.3, -0.25) is 5.32 Å². The summed E-state index contributed by atoms with van der Waals surface area (Å²) >= 11 is 12.1. The normalized spacial score (nSPS) is 36.3. The van der Waals surface area contributed by atoms with Crippen LogP contribution in [0.2, 0.25) is 5.02 Å². The van der Waals surface area contributed by atoms with Crippen molar-refractivity contribution in [2.45, 2.75) is 61.5 Å². The van der Waals surface area contributed by atoms with Crippen LogP contribution in [-0.4, -0.2) is 57.9 Å². The van der Waals surface area contributed by atoms with Gasteiger partial charge in [0.1, 0.15) is 17.2 Å². The van der Waals surface area contributed by atoms with Crippen molar-refractivity contribution in [1.29, 1.82) is 0 Å². The molecular formula is C24H29Cl2F2NO4. The van der Waals surface area contributed by atoms with Crippen LogP contribution < -0.4 is 5.32 Å². The zero-order valence-electron chi connectivity index (χ0n) is 18.7. The highest BCUT2D eigenvalue weighted by molar-refractivity contribution is 6.30. The fraction of sp³-hybridized carbons (Fsp3) is 0.583. The minimum Gasteiger partial charge on any atom is -0.384 e. The van der Waals surface area contributed by atoms with Gasteiger partial charge in [0.15, 0.2) is 6.29 Å². The number of nitrogens with one attached hydrogen (secondary N) is 1. The van der Waals surface area contributed by atoms with Crippen LogP contribution in [0, 0.1) is 17.2 Å². The highest BCUT2D eigenvalue weighted by Crippen LogP contribution is 2.69. The fourth-order valence-corrected chi connectivity index (χ4v) is 6.49. The molecule has 0 amide bonds. The van der Waals surface area contributed by atoms with Crippen LogP contribution in [0.25, 0.3) is 0 Å². The Morgan fingerprint density at radius 1 is 1.30 bits per heavy atom. The van der Waals surface area contributed by atoms with Crippen molar-refractivity contribution in [3.05, 3.63) is 58.2 Å². The summed E-state index contributed by atoms with van der Waals surface area (Å²) < 4.78 is 36.0. The molecule has 2 fully saturated rings. The van der Waals surface area contributed by atoms with Gasteiger partial charge in [0.05, 0.1) is 28.6 Å². The van der Waals surface area contributed by atoms with E-state index in [4.69, 9.17) is 27.9 Å². The smallest absolute Gasteiger partial charge is 0.167 e. The molecule has 1 aliphatic heterocycles. The zero-order valence-corrected chi connectivity index (χ0v) is 20.2. The molecule has 1 heterocycles. The van der Waals surface area contributed by atoms with Crippen molar-refractivity contribution in [1.82, 2.24) is 5.32 Å². The Bertz CT molecular complexity index is 1000. The van der Waals surface area contributed by atoms with E-state index in [1.165, 1.54) is 30.4 Å². The molecule has 3 aliphatic rings. The standard InChI is InChI=1S/C24H29Cl2F2NO4/c1-22(2,11-33-3)17-10-23(17)24(32,14-8-7-12(25)9-16(14)27)18(20(29-23)21(30)31)13-5-4-6-15(26)19(13)28/h4-6,8-9,12,17-18,20-21,29-32H,7,10-11H2,1-3H3/t12?,17?,18-,20?,23?,24?/m0/s1. The molecule has 4 rings (SSSR count). The van der Waals surface area contributed by atoms with Crippen molar-refractivity contribution < 1.29 is 28.8 Å². The summed E-state index contributed by atoms with van der Waals surface area (Å²) in [4.78, 5) is 0. The number of aliphatic hydroxyl groups excluding tert-OH is 1. The number of methoxy groups -OCH3 is 1. The lowest BCUT2D eigenvalue weighted by Crippen LogP contribution is -2.53. The third-order valence-electron chi connectivity index (χ3n) is 7.51. The average molecular weight is 504 g/mol. The van der Waals surface area contributed by atoms with E-state index < -0.39 is 51.8 Å². The Hall–Kier alpha value is -1.06. The minimum atomic E-state index is -2.01. The maximum atomic E-state index is 15.4. The number of halogens is 4. The molecule has 9 heteroatoms. The van der Waals surface area contributed by atoms with E-state index in [-0.39, 0.29) is 28.5 Å². The van der Waals surface area contributed by atoms with E-state index >= 15 is 8.78 Å². The Morgan fingerprint density at radius 3 is 2.61 bits per heavy atom. The molecule has 33 heavy (non-hydrogen) atoms. The molecule has 0 aromatic heterocycles. The largest absolute Gasteiger partial charge is 0.384 e. The summed E-state index contributed by atoms with van der Waals surface area (Å²) in [7, 11) is 1.57. The van der Waals surface area contributed by atoms with Gasteiger partial charge in [0.2, 0.25) is 0 Å². The lowest BCUT2D eigenvalue weighted by atomic mass is 9.68. The average Bonchev–Trinajstić information content (AvgIpc) is 3.41. The first-order valence-electron chi connectivity index (χ1n) is 10.9. The van der Waals surface area contributed by atoms with Crippen LogP contribution in [0.3, 0.4) is 0 Å². The quantitative estimate of drug-likeness (QED) is 0.350. The van der Waals surface area contributed by atoms with E-state index in [9.17, 15) is 15.3 Å². The van der Waals surface area contributed by atoms with Crippen LogP contribution in [0.15, 0.2) is 41.8 Å². The van der Waals surface area contributed by atoms with Crippen LogP contribution >= 0.6 is 23.2 Å². The van der Waals surface area contributed by atoms with E-state index in [1.54, 1.807) is 7.11 Å². The number of hydrogen-bond donors (Lipinski definition) is 4. The zero-order chi connectivity index (χ0) is 24.3. The topological polar surface area (TPSA) is 82.0 Å². The number of allylic oxidation sites excluding steroid dienone is 2. The van der Waals surface area contributed by atoms with Crippen LogP contribution in [0.5, 0.6) is 0 Å². The number of hydrogen-bond acceptors (Lipinski definition) is 5. The second kappa shape index (κ2) is 8.55. The van der Waals surface area contributed by atoms with E-state index in [0.29, 0.717) is 13.0 Å². The van der Waals surface area contributed by atoms with Crippen molar-refractivity contribution >= 4 is 23.2 Å². The third-order valence-corrected chi connectivity index (χ3v) is 8.11. The lowest BCUT2D eigenvalue weighted by molar-refractivity contribution is -0.0729. The maximum absolute atomic E-state index is 15.4. The first-order valence-corrected chi connectivity index (χ1v) is 11.7. The summed E-state index contributed by atoms with van der Waals surface area (Å²) in [5.41, 5.74) is -3.67. The summed E-state index contributed by atoms with van der Waals surface area (Å²) in [6.07, 6.45) is 1.45. The van der Waals surface area contributed by atoms with Gasteiger partial charge in [-0.1, -0.05) is 43.7 Å². The SMILES string of the molecule is COCC(C)(C)C1CC12NC(C(O)O)[C@H](c1cccc(Cl)c1F)C2(O)C1=CCC(Cl)C=C1F. The first-order chi connectivity index (χ1) is 15.4. The molecule has 1 saturated heterocycles. The number of aliphatic hydroxyl groups is 3. The highest BCUT2D eigenvalue weighted by Gasteiger charge is 2.79. The van der Waals surface area contributed by atoms with Gasteiger partial charge >= 0.3 is 0 Å². The van der Waals surface area contributed by atoms with Crippen LogP contribution in [-0.2, 0) is 4.74 Å². The van der Waals surface area contributed by atoms with Gasteiger partial charge in [-0.05, 0) is 41.9 Å². The van der Waals surface area contributed by atoms with Crippen LogP contribution in [0.4, 0.5) is 8.78 Å². The maximum Gasteiger partial charge on any atom is 0.167 e. The van der Waals surface area contributed by atoms with Gasteiger partial charge in [0.25, 0.3) is 0 Å². The predicted octanol–water partition coefficient (Wildman–Crippen LogP) is 3.80. The van der Waals surface area contributed by atoms with E-state index in [2.05, 4.69) is 5.32 Å². The fourth-order valence-electron chi connectivity index (χ4n) is 6.10. The lowest BCUT2D eigenvalue weighted by Gasteiger charge is -2.41. The highest BCUT2D eigenvalue weighted by atomic mass is 35.5. The summed E-state index contributed by atoms with van der Waals surface area (Å²) in [6.45, 7) is 4.29. The van der Waals surface area contributed by atoms with E-state index in [1.807, 2.05) is 13.8 Å². The molecule has 4 N–H and O–H groups in total. The molecule has 0 bridgehead atoms. The van der Waals surface area contributed by atoms with Gasteiger partial charge in [-0.15, -0.1) is 11.6 Å². The molecule has 6 atom stereocenters. The molecule has 1 spiro atoms. The Labute approximate surface area is 202 Å². The van der Waals surface area contributed by atoms with Crippen LogP contribution in [0.1, 0.15) is 38.2 Å². The molecule has 1 saturated carbocycles. The molecule has 2 aliphatic carbocycles. The minimum absolute atomic E-state index is 0.0237. The first kappa shape index (κ1) is 25.0. The molecule has 182 valence electrons. The second-order valence-electron chi connectivity index (χ2n) is 10.0. The van der Waals surface area contributed by atoms with Crippen molar-refractivity contribution in [2.75, 3.05) is 13.7 Å². The van der Waals surface area contributed by atoms with Crippen molar-refractivity contribution in [3.63, 3.8) is 0 Å². The van der Waals surface area contributed by atoms with Gasteiger partial charge in [0, 0.05) is 18.6 Å². The molecule has 1 aromatic rings. The van der Waals surface area contributed by atoms with E-state index in [0.717, 1.165) is 0 Å². The second-order valence-corrected chi connectivity index (χ2v) is 11.0. The number of benzene rings is 1. The van der Waals surface area contributed by atoms with Gasteiger partial charge in [-0.25, -0.2) is 8.78 Å². The molecule has 0 radical (unpaired) electrons. The number of alkyl halides is 1. The number of rotatable bonds is 6. The molecule has 5 nitrogen and oxygen atoms in total. The number of ether oxygens (including phenoxy) is 1. The summed E-state index contributed by atoms with van der Waals surface area (Å²) in [6, 6.07) is 3.12. The van der Waals surface area contributed by atoms with Gasteiger partial charge < -0.3 is 20.1 Å². The summed E-state index contributed by atoms with van der Waals surface area (Å²) in [5, 5.41) is 35.5. The predicted molar refractivity (Wildman–Crippen MR) is 122 cm³/mol. The molecular weight excluding hydrogens is 475 g/mol. The molecule has 5 unspecified atom stereocenters. The monoisotopic (exact) mass is 503 g/mol. The summed E-state index contributed by atoms with van der Waals surface area (Å²) in [5.74, 6) is -2.97. The van der Waals surface area contributed by atoms with Crippen molar-refractivity contribution in [2.24, 2.45) is 11.3 Å².